The van der Waals surface area contributed by atoms with Gasteiger partial charge < -0.3 is 4.90 Å². The lowest BCUT2D eigenvalue weighted by atomic mass is 10.1. The quantitative estimate of drug-likeness (QED) is 0.368. The van der Waals surface area contributed by atoms with E-state index in [9.17, 15) is 19.3 Å². The Labute approximate surface area is 169 Å². The first kappa shape index (κ1) is 18.9. The molecule has 1 aliphatic rings. The van der Waals surface area contributed by atoms with Gasteiger partial charge in [0.05, 0.1) is 29.3 Å². The molecule has 0 atom stereocenters. The number of pyridine rings is 2. The van der Waals surface area contributed by atoms with Gasteiger partial charge in [-0.3, -0.25) is 14.9 Å². The predicted octanol–water partition coefficient (Wildman–Crippen LogP) is 3.93. The minimum Gasteiger partial charge on any atom is -0.332 e. The molecule has 0 radical (unpaired) electrons. The molecule has 2 aromatic heterocycles. The zero-order valence-electron chi connectivity index (χ0n) is 15.0. The Balaban J connectivity index is 1.60. The Morgan fingerprint density at radius 1 is 1.10 bits per heavy atom. The number of amides is 1. The van der Waals surface area contributed by atoms with Crippen LogP contribution in [0.5, 0.6) is 0 Å². The summed E-state index contributed by atoms with van der Waals surface area (Å²) in [5.74, 6) is -0.695. The van der Waals surface area contributed by atoms with Crippen molar-refractivity contribution in [1.82, 2.24) is 14.9 Å². The van der Waals surface area contributed by atoms with Gasteiger partial charge >= 0.3 is 0 Å². The molecule has 1 aliphatic heterocycles. The normalized spacial score (nSPS) is 12.7. The van der Waals surface area contributed by atoms with Crippen LogP contribution in [0.1, 0.15) is 17.0 Å². The van der Waals surface area contributed by atoms with Crippen LogP contribution in [0.3, 0.4) is 0 Å². The van der Waals surface area contributed by atoms with E-state index >= 15 is 0 Å². The predicted molar refractivity (Wildman–Crippen MR) is 103 cm³/mol. The highest BCUT2D eigenvalue weighted by Gasteiger charge is 2.27. The highest BCUT2D eigenvalue weighted by molar-refractivity contribution is 6.29. The molecular formula is C20H14ClFN4O3. The van der Waals surface area contributed by atoms with E-state index in [2.05, 4.69) is 9.97 Å². The maximum Gasteiger partial charge on any atom is 0.291 e. The summed E-state index contributed by atoms with van der Waals surface area (Å²) in [6, 6.07) is 11.9. The second-order valence-corrected chi connectivity index (χ2v) is 6.98. The van der Waals surface area contributed by atoms with Gasteiger partial charge in [-0.05, 0) is 42.0 Å². The molecule has 9 heteroatoms. The van der Waals surface area contributed by atoms with Crippen LogP contribution >= 0.6 is 11.6 Å². The van der Waals surface area contributed by atoms with E-state index in [1.807, 2.05) is 6.07 Å². The molecule has 0 aliphatic carbocycles. The number of nitro groups is 1. The maximum absolute atomic E-state index is 13.2. The number of nitrogens with zero attached hydrogens (tertiary/aromatic N) is 4. The number of carbonyl (C=O) groups excluding carboxylic acids is 1. The molecule has 0 bridgehead atoms. The molecule has 146 valence electrons. The summed E-state index contributed by atoms with van der Waals surface area (Å²) >= 11 is 5.90. The van der Waals surface area contributed by atoms with Crippen molar-refractivity contribution in [2.24, 2.45) is 0 Å². The third-order valence-electron chi connectivity index (χ3n) is 4.69. The van der Waals surface area contributed by atoms with Gasteiger partial charge in [0.2, 0.25) is 5.91 Å². The summed E-state index contributed by atoms with van der Waals surface area (Å²) in [5, 5.41) is 11.7. The van der Waals surface area contributed by atoms with E-state index in [4.69, 9.17) is 11.6 Å². The van der Waals surface area contributed by atoms with Crippen molar-refractivity contribution in [3.05, 3.63) is 86.6 Å². The molecule has 4 rings (SSSR count). The van der Waals surface area contributed by atoms with Crippen molar-refractivity contribution in [3.8, 4) is 11.3 Å². The summed E-state index contributed by atoms with van der Waals surface area (Å²) in [6.07, 6.45) is -0.229. The maximum atomic E-state index is 13.2. The van der Waals surface area contributed by atoms with Crippen LogP contribution in [0.4, 0.5) is 10.1 Å². The van der Waals surface area contributed by atoms with Crippen molar-refractivity contribution >= 4 is 23.2 Å². The fourth-order valence-electron chi connectivity index (χ4n) is 3.23. The van der Waals surface area contributed by atoms with Crippen LogP contribution in [0.2, 0.25) is 5.15 Å². The number of benzene rings is 1. The second kappa shape index (κ2) is 7.56. The zero-order chi connectivity index (χ0) is 20.5. The fourth-order valence-corrected chi connectivity index (χ4v) is 3.39. The van der Waals surface area contributed by atoms with Crippen LogP contribution in [-0.4, -0.2) is 25.7 Å². The highest BCUT2D eigenvalue weighted by Crippen LogP contribution is 2.27. The average Bonchev–Trinajstić information content (AvgIpc) is 3.11. The Hall–Kier alpha value is -3.39. The van der Waals surface area contributed by atoms with Gasteiger partial charge in [-0.25, -0.2) is 14.4 Å². The number of fused-ring (bicyclic) bond motifs is 1. The Bertz CT molecular complexity index is 1120. The van der Waals surface area contributed by atoms with E-state index in [1.165, 1.54) is 36.4 Å². The van der Waals surface area contributed by atoms with Gasteiger partial charge in [0, 0.05) is 18.2 Å². The molecule has 1 amide bonds. The number of aromatic nitrogens is 2. The van der Waals surface area contributed by atoms with Crippen LogP contribution < -0.4 is 0 Å². The lowest BCUT2D eigenvalue weighted by Crippen LogP contribution is -2.27. The first-order valence-electron chi connectivity index (χ1n) is 8.73. The Morgan fingerprint density at radius 2 is 1.86 bits per heavy atom. The molecule has 3 heterocycles. The third kappa shape index (κ3) is 3.93. The molecule has 0 saturated carbocycles. The highest BCUT2D eigenvalue weighted by atomic mass is 35.5. The van der Waals surface area contributed by atoms with Gasteiger partial charge in [0.25, 0.3) is 5.69 Å². The van der Waals surface area contributed by atoms with E-state index in [-0.39, 0.29) is 23.7 Å². The monoisotopic (exact) mass is 412 g/mol. The van der Waals surface area contributed by atoms with Crippen molar-refractivity contribution in [2.45, 2.75) is 19.5 Å². The zero-order valence-corrected chi connectivity index (χ0v) is 15.8. The minimum absolute atomic E-state index is 0.0590. The smallest absolute Gasteiger partial charge is 0.291 e. The minimum atomic E-state index is -0.565. The molecule has 0 fully saturated rings. The topological polar surface area (TPSA) is 89.2 Å². The summed E-state index contributed by atoms with van der Waals surface area (Å²) in [4.78, 5) is 33.7. The van der Waals surface area contributed by atoms with Crippen LogP contribution in [0.25, 0.3) is 11.3 Å². The SMILES string of the molecule is O=C(Cc1nc(-c2ccc(F)cc2)ccc1[N+](=O)[O-])N1Cc2ccc(Cl)nc2C1. The average molecular weight is 413 g/mol. The standard InChI is InChI=1S/C20H14ClFN4O3/c21-19-8-3-13-10-25(11-17(13)24-19)20(27)9-16-18(26(28)29)7-6-15(23-16)12-1-4-14(22)5-2-12/h1-8H,9-11H2. The van der Waals surface area contributed by atoms with Crippen LogP contribution in [0, 0.1) is 15.9 Å². The van der Waals surface area contributed by atoms with Crippen molar-refractivity contribution in [1.29, 1.82) is 0 Å². The van der Waals surface area contributed by atoms with Crippen molar-refractivity contribution in [2.75, 3.05) is 0 Å². The van der Waals surface area contributed by atoms with E-state index in [0.717, 1.165) is 5.56 Å². The molecule has 1 aromatic carbocycles. The van der Waals surface area contributed by atoms with E-state index in [1.54, 1.807) is 11.0 Å². The summed E-state index contributed by atoms with van der Waals surface area (Å²) in [6.45, 7) is 0.657. The van der Waals surface area contributed by atoms with Gasteiger partial charge in [0.1, 0.15) is 16.7 Å². The fraction of sp³-hybridized carbons (Fsp3) is 0.150. The molecule has 0 spiro atoms. The first-order valence-corrected chi connectivity index (χ1v) is 9.11. The van der Waals surface area contributed by atoms with Crippen LogP contribution in [-0.2, 0) is 24.3 Å². The van der Waals surface area contributed by atoms with E-state index in [0.29, 0.717) is 35.2 Å². The third-order valence-corrected chi connectivity index (χ3v) is 4.91. The van der Waals surface area contributed by atoms with Gasteiger partial charge in [-0.2, -0.15) is 0 Å². The Morgan fingerprint density at radius 3 is 2.59 bits per heavy atom. The number of rotatable bonds is 4. The van der Waals surface area contributed by atoms with E-state index < -0.39 is 10.7 Å². The molecule has 3 aromatic rings. The second-order valence-electron chi connectivity index (χ2n) is 6.59. The molecular weight excluding hydrogens is 399 g/mol. The molecule has 0 unspecified atom stereocenters. The van der Waals surface area contributed by atoms with Gasteiger partial charge in [-0.15, -0.1) is 0 Å². The Kier molecular flexibility index (Phi) is 4.94. The molecule has 29 heavy (non-hydrogen) atoms. The van der Waals surface area contributed by atoms with Crippen molar-refractivity contribution < 1.29 is 14.1 Å². The lowest BCUT2D eigenvalue weighted by Gasteiger charge is -2.15. The molecule has 7 nitrogen and oxygen atoms in total. The summed E-state index contributed by atoms with van der Waals surface area (Å²) in [5.41, 5.74) is 2.46. The van der Waals surface area contributed by atoms with Crippen LogP contribution in [0.15, 0.2) is 48.5 Å². The number of carbonyl (C=O) groups is 1. The number of hydrogen-bond donors (Lipinski definition) is 0. The van der Waals surface area contributed by atoms with Gasteiger partial charge in [0.15, 0.2) is 0 Å². The first-order chi connectivity index (χ1) is 13.9. The van der Waals surface area contributed by atoms with Gasteiger partial charge in [-0.1, -0.05) is 17.7 Å². The number of halogens is 2. The summed E-state index contributed by atoms with van der Waals surface area (Å²) < 4.78 is 13.2. The summed E-state index contributed by atoms with van der Waals surface area (Å²) in [7, 11) is 0. The molecule has 0 saturated heterocycles. The lowest BCUT2D eigenvalue weighted by molar-refractivity contribution is -0.385. The largest absolute Gasteiger partial charge is 0.332 e. The molecule has 0 N–H and O–H groups in total. The number of hydrogen-bond acceptors (Lipinski definition) is 5. The van der Waals surface area contributed by atoms with Crippen molar-refractivity contribution in [3.63, 3.8) is 0 Å².